The van der Waals surface area contributed by atoms with Gasteiger partial charge in [0.05, 0.1) is 12.6 Å². The van der Waals surface area contributed by atoms with E-state index < -0.39 is 0 Å². The quantitative estimate of drug-likeness (QED) is 0.781. The standard InChI is InChI=1S/C21H27N3O3/c1-25-19-9-16-18(10-20(19)26-12-14-7-8-23-27-14)24-17-4-2-3-15(17)21(16)22-11-13-5-6-13/h9-10,13-14,23H,2-8,11-12H2,1H3,(H,22,24). The largest absolute Gasteiger partial charge is 0.493 e. The summed E-state index contributed by atoms with van der Waals surface area (Å²) in [4.78, 5) is 10.4. The van der Waals surface area contributed by atoms with Crippen LogP contribution in [0.1, 0.15) is 36.9 Å². The van der Waals surface area contributed by atoms with Crippen LogP contribution >= 0.6 is 0 Å². The number of hydroxylamine groups is 1. The first-order valence-corrected chi connectivity index (χ1v) is 10.1. The van der Waals surface area contributed by atoms with Gasteiger partial charge in [0, 0.05) is 35.9 Å². The number of hydrogen-bond donors (Lipinski definition) is 2. The minimum absolute atomic E-state index is 0.0779. The molecule has 27 heavy (non-hydrogen) atoms. The molecule has 0 bridgehead atoms. The highest BCUT2D eigenvalue weighted by Crippen LogP contribution is 2.40. The van der Waals surface area contributed by atoms with Gasteiger partial charge in [-0.15, -0.1) is 0 Å². The molecule has 1 aliphatic heterocycles. The van der Waals surface area contributed by atoms with Crippen molar-refractivity contribution < 1.29 is 14.3 Å². The summed E-state index contributed by atoms with van der Waals surface area (Å²) in [6.45, 7) is 2.43. The molecule has 0 radical (unpaired) electrons. The zero-order valence-corrected chi connectivity index (χ0v) is 15.8. The lowest BCUT2D eigenvalue weighted by atomic mass is 10.1. The predicted molar refractivity (Wildman–Crippen MR) is 105 cm³/mol. The molecule has 2 fully saturated rings. The second-order valence-corrected chi connectivity index (χ2v) is 7.84. The van der Waals surface area contributed by atoms with Gasteiger partial charge >= 0.3 is 0 Å². The second kappa shape index (κ2) is 7.17. The van der Waals surface area contributed by atoms with Crippen molar-refractivity contribution in [2.24, 2.45) is 5.92 Å². The zero-order chi connectivity index (χ0) is 18.2. The second-order valence-electron chi connectivity index (χ2n) is 7.84. The Kier molecular flexibility index (Phi) is 4.53. The molecule has 5 rings (SSSR count). The number of rotatable bonds is 7. The van der Waals surface area contributed by atoms with Crippen LogP contribution in [0.15, 0.2) is 12.1 Å². The van der Waals surface area contributed by atoms with Gasteiger partial charge in [-0.2, -0.15) is 0 Å². The number of benzene rings is 1. The van der Waals surface area contributed by atoms with E-state index in [0.717, 1.165) is 60.7 Å². The lowest BCUT2D eigenvalue weighted by molar-refractivity contribution is 0.00757. The first-order chi connectivity index (χ1) is 13.3. The van der Waals surface area contributed by atoms with Crippen LogP contribution in [-0.4, -0.2) is 37.9 Å². The van der Waals surface area contributed by atoms with Crippen molar-refractivity contribution >= 4 is 16.6 Å². The van der Waals surface area contributed by atoms with Crippen molar-refractivity contribution in [2.75, 3.05) is 32.1 Å². The van der Waals surface area contributed by atoms with Gasteiger partial charge < -0.3 is 14.8 Å². The molecule has 2 N–H and O–H groups in total. The first kappa shape index (κ1) is 17.1. The molecule has 1 saturated carbocycles. The van der Waals surface area contributed by atoms with Crippen molar-refractivity contribution in [3.8, 4) is 11.5 Å². The number of nitrogens with zero attached hydrogens (tertiary/aromatic N) is 1. The third kappa shape index (κ3) is 3.44. The topological polar surface area (TPSA) is 64.6 Å². The monoisotopic (exact) mass is 369 g/mol. The number of fused-ring (bicyclic) bond motifs is 2. The van der Waals surface area contributed by atoms with Crippen molar-refractivity contribution in [3.05, 3.63) is 23.4 Å². The molecule has 1 aromatic carbocycles. The van der Waals surface area contributed by atoms with E-state index in [1.54, 1.807) is 7.11 Å². The van der Waals surface area contributed by atoms with Crippen molar-refractivity contribution in [3.63, 3.8) is 0 Å². The van der Waals surface area contributed by atoms with Crippen molar-refractivity contribution in [1.82, 2.24) is 10.5 Å². The number of hydrogen-bond acceptors (Lipinski definition) is 6. The number of ether oxygens (including phenoxy) is 2. The summed E-state index contributed by atoms with van der Waals surface area (Å²) in [6.07, 6.45) is 7.08. The number of aromatic nitrogens is 1. The lowest BCUT2D eigenvalue weighted by Crippen LogP contribution is -2.18. The van der Waals surface area contributed by atoms with Crippen LogP contribution in [0, 0.1) is 5.92 Å². The highest BCUT2D eigenvalue weighted by atomic mass is 16.7. The normalized spacial score (nSPS) is 21.4. The van der Waals surface area contributed by atoms with E-state index in [4.69, 9.17) is 19.3 Å². The van der Waals surface area contributed by atoms with Gasteiger partial charge in [0.25, 0.3) is 0 Å². The molecule has 0 spiro atoms. The Bertz CT molecular complexity index is 844. The number of nitrogens with one attached hydrogen (secondary N) is 2. The molecule has 2 heterocycles. The smallest absolute Gasteiger partial charge is 0.163 e. The molecular formula is C21H27N3O3. The van der Waals surface area contributed by atoms with Gasteiger partial charge in [0.1, 0.15) is 12.7 Å². The van der Waals surface area contributed by atoms with Crippen LogP contribution < -0.4 is 20.3 Å². The third-order valence-electron chi connectivity index (χ3n) is 5.80. The minimum Gasteiger partial charge on any atom is -0.493 e. The van der Waals surface area contributed by atoms with Crippen LogP contribution in [-0.2, 0) is 17.7 Å². The molecular weight excluding hydrogens is 342 g/mol. The number of methoxy groups -OCH3 is 1. The van der Waals surface area contributed by atoms with Crippen LogP contribution in [0.25, 0.3) is 10.9 Å². The zero-order valence-electron chi connectivity index (χ0n) is 15.8. The molecule has 1 atom stereocenters. The van der Waals surface area contributed by atoms with Crippen molar-refractivity contribution in [2.45, 2.75) is 44.6 Å². The highest BCUT2D eigenvalue weighted by molar-refractivity contribution is 5.96. The summed E-state index contributed by atoms with van der Waals surface area (Å²) >= 11 is 0. The van der Waals surface area contributed by atoms with E-state index >= 15 is 0 Å². The highest BCUT2D eigenvalue weighted by Gasteiger charge is 2.25. The van der Waals surface area contributed by atoms with E-state index in [2.05, 4.69) is 16.9 Å². The summed E-state index contributed by atoms with van der Waals surface area (Å²) in [6, 6.07) is 4.11. The van der Waals surface area contributed by atoms with Crippen LogP contribution in [0.4, 0.5) is 5.69 Å². The van der Waals surface area contributed by atoms with Crippen LogP contribution in [0.3, 0.4) is 0 Å². The average Bonchev–Trinajstić information content (AvgIpc) is 3.16. The fourth-order valence-corrected chi connectivity index (χ4v) is 4.07. The molecule has 6 nitrogen and oxygen atoms in total. The Morgan fingerprint density at radius 2 is 2.15 bits per heavy atom. The summed E-state index contributed by atoms with van der Waals surface area (Å²) in [5.41, 5.74) is 7.77. The summed E-state index contributed by atoms with van der Waals surface area (Å²) in [5, 5.41) is 4.87. The maximum absolute atomic E-state index is 6.04. The molecule has 2 aliphatic carbocycles. The van der Waals surface area contributed by atoms with Crippen LogP contribution in [0.2, 0.25) is 0 Å². The Balaban J connectivity index is 1.50. The molecule has 3 aliphatic rings. The average molecular weight is 369 g/mol. The minimum atomic E-state index is 0.0779. The Morgan fingerprint density at radius 3 is 2.93 bits per heavy atom. The Labute approximate surface area is 159 Å². The maximum atomic E-state index is 6.04. The van der Waals surface area contributed by atoms with Gasteiger partial charge in [-0.1, -0.05) is 0 Å². The van der Waals surface area contributed by atoms with E-state index in [9.17, 15) is 0 Å². The predicted octanol–water partition coefficient (Wildman–Crippen LogP) is 3.23. The molecule has 144 valence electrons. The maximum Gasteiger partial charge on any atom is 0.163 e. The van der Waals surface area contributed by atoms with Gasteiger partial charge in [0.2, 0.25) is 0 Å². The van der Waals surface area contributed by atoms with E-state index in [1.807, 2.05) is 6.07 Å². The van der Waals surface area contributed by atoms with E-state index in [-0.39, 0.29) is 6.10 Å². The molecule has 1 unspecified atom stereocenters. The van der Waals surface area contributed by atoms with Crippen LogP contribution in [0.5, 0.6) is 11.5 Å². The van der Waals surface area contributed by atoms with Gasteiger partial charge in [0.15, 0.2) is 11.5 Å². The molecule has 1 aromatic heterocycles. The van der Waals surface area contributed by atoms with Crippen molar-refractivity contribution in [1.29, 1.82) is 0 Å². The fourth-order valence-electron chi connectivity index (χ4n) is 4.07. The Morgan fingerprint density at radius 1 is 1.22 bits per heavy atom. The van der Waals surface area contributed by atoms with E-state index in [1.165, 1.54) is 36.2 Å². The number of pyridine rings is 1. The summed E-state index contributed by atoms with van der Waals surface area (Å²) in [7, 11) is 1.69. The Hall–Kier alpha value is -2.05. The van der Waals surface area contributed by atoms with Gasteiger partial charge in [-0.3, -0.25) is 9.82 Å². The first-order valence-electron chi connectivity index (χ1n) is 10.1. The molecule has 1 saturated heterocycles. The SMILES string of the molecule is COc1cc2c(NCC3CC3)c3c(nc2cc1OCC1CCNO1)CCC3. The van der Waals surface area contributed by atoms with E-state index in [0.29, 0.717) is 6.61 Å². The number of aryl methyl sites for hydroxylation is 1. The fraction of sp³-hybridized carbons (Fsp3) is 0.571. The number of anilines is 1. The molecule has 6 heteroatoms. The molecule has 0 amide bonds. The third-order valence-corrected chi connectivity index (χ3v) is 5.80. The van der Waals surface area contributed by atoms with Gasteiger partial charge in [-0.05, 0) is 56.1 Å². The van der Waals surface area contributed by atoms with Gasteiger partial charge in [-0.25, -0.2) is 5.48 Å². The summed E-state index contributed by atoms with van der Waals surface area (Å²) in [5.74, 6) is 2.32. The molecule has 2 aromatic rings. The lowest BCUT2D eigenvalue weighted by Gasteiger charge is -2.18. The summed E-state index contributed by atoms with van der Waals surface area (Å²) < 4.78 is 11.7.